The van der Waals surface area contributed by atoms with Crippen molar-refractivity contribution < 1.29 is 0 Å². The zero-order valence-electron chi connectivity index (χ0n) is 10.4. The molecule has 2 bridgehead atoms. The Labute approximate surface area is 113 Å². The molecule has 0 nitrogen and oxygen atoms in total. The second-order valence-electron chi connectivity index (χ2n) is 5.78. The maximum absolute atomic E-state index is 2.49. The van der Waals surface area contributed by atoms with E-state index in [0.29, 0.717) is 0 Å². The van der Waals surface area contributed by atoms with Crippen molar-refractivity contribution >= 4 is 11.8 Å². The minimum atomic E-state index is 0.758. The largest absolute Gasteiger partial charge is 0.122 e. The predicted molar refractivity (Wildman–Crippen MR) is 77.6 cm³/mol. The molecule has 0 spiro atoms. The lowest BCUT2D eigenvalue weighted by Gasteiger charge is -2.41. The van der Waals surface area contributed by atoms with Crippen molar-refractivity contribution in [1.29, 1.82) is 0 Å². The van der Waals surface area contributed by atoms with Gasteiger partial charge in [-0.25, -0.2) is 0 Å². The summed E-state index contributed by atoms with van der Waals surface area (Å²) >= 11 is 2.09. The molecule has 18 heavy (non-hydrogen) atoms. The lowest BCUT2D eigenvalue weighted by molar-refractivity contribution is 0.223. The normalized spacial score (nSPS) is 40.1. The fourth-order valence-electron chi connectivity index (χ4n) is 3.83. The van der Waals surface area contributed by atoms with Crippen molar-refractivity contribution in [3.63, 3.8) is 0 Å². The molecule has 3 aliphatic carbocycles. The van der Waals surface area contributed by atoms with Crippen LogP contribution in [0.15, 0.2) is 59.5 Å². The zero-order valence-corrected chi connectivity index (χ0v) is 11.2. The maximum atomic E-state index is 2.49. The van der Waals surface area contributed by atoms with E-state index in [1.165, 1.54) is 17.7 Å². The molecule has 3 aliphatic rings. The average Bonchev–Trinajstić information content (AvgIpc) is 2.85. The number of fused-ring (bicyclic) bond motifs is 1. The number of benzene rings is 1. The standard InChI is InChI=1S/C17H18S/c1-2-4-15(5-3-1)18-17-11-13-8-6-12-7-9-14(17)10-16(12)13/h1-9,12-14,16-17H,10-11H2/t12-,13+,14+,16-,17+/m0/s1. The van der Waals surface area contributed by atoms with Gasteiger partial charge in [-0.3, -0.25) is 0 Å². The molecule has 1 aromatic carbocycles. The van der Waals surface area contributed by atoms with E-state index in [-0.39, 0.29) is 0 Å². The minimum absolute atomic E-state index is 0.758. The van der Waals surface area contributed by atoms with Crippen LogP contribution in [-0.2, 0) is 0 Å². The van der Waals surface area contributed by atoms with E-state index in [1.807, 2.05) is 0 Å². The molecule has 0 aliphatic heterocycles. The van der Waals surface area contributed by atoms with Gasteiger partial charge >= 0.3 is 0 Å². The third-order valence-electron chi connectivity index (χ3n) is 4.76. The molecule has 0 aromatic heterocycles. The van der Waals surface area contributed by atoms with Gasteiger partial charge in [0, 0.05) is 10.1 Å². The summed E-state index contributed by atoms with van der Waals surface area (Å²) in [4.78, 5) is 1.43. The summed E-state index contributed by atoms with van der Waals surface area (Å²) in [6.45, 7) is 0. The fraction of sp³-hybridized carbons (Fsp3) is 0.412. The Morgan fingerprint density at radius 2 is 1.61 bits per heavy atom. The van der Waals surface area contributed by atoms with Crippen molar-refractivity contribution in [1.82, 2.24) is 0 Å². The highest BCUT2D eigenvalue weighted by Gasteiger charge is 2.42. The highest BCUT2D eigenvalue weighted by atomic mass is 32.2. The second-order valence-corrected chi connectivity index (χ2v) is 7.09. The molecule has 0 saturated heterocycles. The highest BCUT2D eigenvalue weighted by Crippen LogP contribution is 2.51. The third kappa shape index (κ3) is 1.76. The van der Waals surface area contributed by atoms with E-state index in [0.717, 1.165) is 28.9 Å². The fourth-order valence-corrected chi connectivity index (χ4v) is 5.18. The number of hydrogen-bond acceptors (Lipinski definition) is 1. The van der Waals surface area contributed by atoms with Gasteiger partial charge in [-0.1, -0.05) is 42.5 Å². The van der Waals surface area contributed by atoms with Gasteiger partial charge in [-0.05, 0) is 48.6 Å². The van der Waals surface area contributed by atoms with E-state index >= 15 is 0 Å². The van der Waals surface area contributed by atoms with Crippen molar-refractivity contribution in [2.75, 3.05) is 0 Å². The number of hydrogen-bond donors (Lipinski definition) is 0. The Kier molecular flexibility index (Phi) is 2.61. The van der Waals surface area contributed by atoms with Crippen LogP contribution in [-0.4, -0.2) is 5.25 Å². The second kappa shape index (κ2) is 4.31. The number of allylic oxidation sites excluding steroid dienone is 4. The molecular formula is C17H18S. The minimum Gasteiger partial charge on any atom is -0.122 e. The van der Waals surface area contributed by atoms with E-state index in [1.54, 1.807) is 0 Å². The molecule has 0 N–H and O–H groups in total. The van der Waals surface area contributed by atoms with Crippen molar-refractivity contribution in [3.8, 4) is 0 Å². The van der Waals surface area contributed by atoms with Gasteiger partial charge in [0.25, 0.3) is 0 Å². The Bertz CT molecular complexity index is 488. The Morgan fingerprint density at radius 1 is 0.833 bits per heavy atom. The van der Waals surface area contributed by atoms with Crippen molar-refractivity contribution in [2.24, 2.45) is 23.7 Å². The van der Waals surface area contributed by atoms with Gasteiger partial charge in [0.1, 0.15) is 0 Å². The van der Waals surface area contributed by atoms with Crippen LogP contribution in [0.2, 0.25) is 0 Å². The number of thioether (sulfide) groups is 1. The van der Waals surface area contributed by atoms with Gasteiger partial charge in [0.05, 0.1) is 0 Å². The van der Waals surface area contributed by atoms with E-state index < -0.39 is 0 Å². The van der Waals surface area contributed by atoms with E-state index in [4.69, 9.17) is 0 Å². The number of rotatable bonds is 2. The van der Waals surface area contributed by atoms with Crippen LogP contribution < -0.4 is 0 Å². The van der Waals surface area contributed by atoms with Crippen LogP contribution in [0.25, 0.3) is 0 Å². The van der Waals surface area contributed by atoms with Gasteiger partial charge < -0.3 is 0 Å². The molecule has 0 heterocycles. The van der Waals surface area contributed by atoms with Crippen LogP contribution >= 0.6 is 11.8 Å². The quantitative estimate of drug-likeness (QED) is 0.698. The first-order valence-corrected chi connectivity index (χ1v) is 7.86. The molecule has 0 amide bonds. The highest BCUT2D eigenvalue weighted by molar-refractivity contribution is 8.00. The lowest BCUT2D eigenvalue weighted by atomic mass is 9.69. The summed E-state index contributed by atoms with van der Waals surface area (Å²) in [7, 11) is 0. The molecule has 0 radical (unpaired) electrons. The topological polar surface area (TPSA) is 0 Å². The first-order valence-electron chi connectivity index (χ1n) is 6.98. The zero-order chi connectivity index (χ0) is 11.9. The van der Waals surface area contributed by atoms with Crippen LogP contribution in [0, 0.1) is 23.7 Å². The molecule has 1 saturated carbocycles. The van der Waals surface area contributed by atoms with Crippen LogP contribution in [0.4, 0.5) is 0 Å². The van der Waals surface area contributed by atoms with Gasteiger partial charge in [0.2, 0.25) is 0 Å². The maximum Gasteiger partial charge on any atom is 0.0163 e. The first kappa shape index (κ1) is 10.9. The summed E-state index contributed by atoms with van der Waals surface area (Å²) < 4.78 is 0. The van der Waals surface area contributed by atoms with Crippen molar-refractivity contribution in [2.45, 2.75) is 23.0 Å². The Morgan fingerprint density at radius 3 is 2.44 bits per heavy atom. The molecule has 4 rings (SSSR count). The Balaban J connectivity index is 1.58. The summed E-state index contributed by atoms with van der Waals surface area (Å²) in [6, 6.07) is 10.9. The van der Waals surface area contributed by atoms with Gasteiger partial charge in [-0.15, -0.1) is 11.8 Å². The molecule has 1 fully saturated rings. The molecule has 0 unspecified atom stereocenters. The Hall–Kier alpha value is -0.950. The van der Waals surface area contributed by atoms with Crippen LogP contribution in [0.3, 0.4) is 0 Å². The van der Waals surface area contributed by atoms with Crippen LogP contribution in [0.5, 0.6) is 0 Å². The summed E-state index contributed by atoms with van der Waals surface area (Å²) in [5.74, 6) is 3.33. The monoisotopic (exact) mass is 254 g/mol. The van der Waals surface area contributed by atoms with Gasteiger partial charge in [0.15, 0.2) is 0 Å². The third-order valence-corrected chi connectivity index (χ3v) is 6.15. The summed E-state index contributed by atoms with van der Waals surface area (Å²) in [6.07, 6.45) is 12.7. The first-order chi connectivity index (χ1) is 8.90. The average molecular weight is 254 g/mol. The summed E-state index contributed by atoms with van der Waals surface area (Å²) in [5.41, 5.74) is 0. The summed E-state index contributed by atoms with van der Waals surface area (Å²) in [5, 5.41) is 0.772. The van der Waals surface area contributed by atoms with Crippen molar-refractivity contribution in [3.05, 3.63) is 54.6 Å². The molecule has 1 heteroatoms. The van der Waals surface area contributed by atoms with Gasteiger partial charge in [-0.2, -0.15) is 0 Å². The lowest BCUT2D eigenvalue weighted by Crippen LogP contribution is -2.35. The predicted octanol–water partition coefficient (Wildman–Crippen LogP) is 4.55. The smallest absolute Gasteiger partial charge is 0.0163 e. The molecular weight excluding hydrogens is 236 g/mol. The SMILES string of the molecule is C1=C[C@@H]2C[C@@H](Sc3ccccc3)[C@@H]3C=C[C@H]1[C@@H]2C3. The van der Waals surface area contributed by atoms with Crippen LogP contribution in [0.1, 0.15) is 12.8 Å². The van der Waals surface area contributed by atoms with E-state index in [2.05, 4.69) is 66.4 Å². The molecule has 1 aromatic rings. The molecule has 92 valence electrons. The van der Waals surface area contributed by atoms with E-state index in [9.17, 15) is 0 Å². The molecule has 5 atom stereocenters.